The molecule has 2 bridgehead atoms. The largest absolute Gasteiger partial charge is 0.466 e. The third-order valence-corrected chi connectivity index (χ3v) is 7.32. The van der Waals surface area contributed by atoms with Gasteiger partial charge in [-0.05, 0) is 52.4 Å². The van der Waals surface area contributed by atoms with Gasteiger partial charge in [-0.25, -0.2) is 0 Å². The van der Waals surface area contributed by atoms with Crippen molar-refractivity contribution < 1.29 is 29.0 Å². The number of aliphatic hydroxyl groups excluding tert-OH is 1. The van der Waals surface area contributed by atoms with Crippen LogP contribution in [-0.2, 0) is 23.9 Å². The summed E-state index contributed by atoms with van der Waals surface area (Å²) in [6.07, 6.45) is 1.05. The van der Waals surface area contributed by atoms with Gasteiger partial charge in [-0.3, -0.25) is 14.4 Å². The number of ether oxygens (including phenoxy) is 2. The van der Waals surface area contributed by atoms with Crippen molar-refractivity contribution in [2.45, 2.75) is 90.6 Å². The van der Waals surface area contributed by atoms with E-state index >= 15 is 0 Å². The molecule has 3 unspecified atom stereocenters. The summed E-state index contributed by atoms with van der Waals surface area (Å²) in [6, 6.07) is -1.54. The number of hydrogen-bond acceptors (Lipinski definition) is 6. The molecular formula is C23H38N2O6. The summed E-state index contributed by atoms with van der Waals surface area (Å²) >= 11 is 0. The second-order valence-corrected chi connectivity index (χ2v) is 10.3. The lowest BCUT2D eigenvalue weighted by Gasteiger charge is -2.37. The van der Waals surface area contributed by atoms with Crippen LogP contribution >= 0.6 is 0 Å². The lowest BCUT2D eigenvalue weighted by molar-refractivity contribution is -0.162. The molecule has 0 aromatic rings. The number of carbonyl (C=O) groups is 3. The zero-order valence-electron chi connectivity index (χ0n) is 19.8. The molecule has 31 heavy (non-hydrogen) atoms. The fourth-order valence-electron chi connectivity index (χ4n) is 6.14. The summed E-state index contributed by atoms with van der Waals surface area (Å²) in [5.74, 6) is -2.43. The van der Waals surface area contributed by atoms with E-state index in [4.69, 9.17) is 9.47 Å². The van der Waals surface area contributed by atoms with Gasteiger partial charge in [0.25, 0.3) is 0 Å². The van der Waals surface area contributed by atoms with E-state index in [1.54, 1.807) is 6.92 Å². The number of amides is 2. The fraction of sp³-hybridized carbons (Fsp3) is 0.870. The van der Waals surface area contributed by atoms with Crippen LogP contribution in [0.5, 0.6) is 0 Å². The first-order valence-corrected chi connectivity index (χ1v) is 11.5. The highest BCUT2D eigenvalue weighted by Crippen LogP contribution is 2.65. The van der Waals surface area contributed by atoms with Crippen molar-refractivity contribution in [1.82, 2.24) is 10.2 Å². The predicted molar refractivity (Wildman–Crippen MR) is 114 cm³/mol. The Kier molecular flexibility index (Phi) is 6.46. The molecule has 2 N–H and O–H groups in total. The van der Waals surface area contributed by atoms with Gasteiger partial charge in [0.05, 0.1) is 30.8 Å². The first-order chi connectivity index (χ1) is 14.4. The summed E-state index contributed by atoms with van der Waals surface area (Å²) in [6.45, 7) is 13.3. The van der Waals surface area contributed by atoms with Gasteiger partial charge in [-0.15, -0.1) is 0 Å². The van der Waals surface area contributed by atoms with Crippen molar-refractivity contribution >= 4 is 17.8 Å². The zero-order valence-corrected chi connectivity index (χ0v) is 19.8. The molecule has 0 aromatic heterocycles. The molecular weight excluding hydrogens is 400 g/mol. The number of likely N-dealkylation sites (tertiary alicyclic amines) is 1. The second kappa shape index (κ2) is 8.35. The van der Waals surface area contributed by atoms with Crippen LogP contribution in [0.3, 0.4) is 0 Å². The molecule has 8 nitrogen and oxygen atoms in total. The van der Waals surface area contributed by atoms with Crippen LogP contribution in [0.25, 0.3) is 0 Å². The van der Waals surface area contributed by atoms with Crippen molar-refractivity contribution in [3.63, 3.8) is 0 Å². The lowest BCUT2D eigenvalue weighted by atomic mass is 9.62. The topological polar surface area (TPSA) is 105 Å². The minimum Gasteiger partial charge on any atom is -0.466 e. The molecule has 3 aliphatic rings. The first kappa shape index (κ1) is 24.0. The van der Waals surface area contributed by atoms with E-state index in [2.05, 4.69) is 5.32 Å². The second-order valence-electron chi connectivity index (χ2n) is 10.3. The Morgan fingerprint density at radius 3 is 2.48 bits per heavy atom. The molecule has 3 rings (SSSR count). The molecule has 1 spiro atoms. The molecule has 3 heterocycles. The average molecular weight is 439 g/mol. The quantitative estimate of drug-likeness (QED) is 0.557. The van der Waals surface area contributed by atoms with Gasteiger partial charge in [0, 0.05) is 6.04 Å². The first-order valence-electron chi connectivity index (χ1n) is 11.5. The third-order valence-electron chi connectivity index (χ3n) is 7.32. The molecule has 3 aliphatic heterocycles. The van der Waals surface area contributed by atoms with Crippen molar-refractivity contribution in [1.29, 1.82) is 0 Å². The standard InChI is InChI=1S/C23H38N2O6/c1-8-30-21(29)17-16-20(28)25(15(11-26)9-12(2)3)18(19(27)24-13(4)5)23(16)10-14(6)22(17,7)31-23/h12-18,26H,8-11H2,1-7H3,(H,24,27)/t14?,15-,16+,17-,18?,22+,23?/m1/s1. The SMILES string of the molecule is CCOC(=O)[C@H]1[C@H]2C(=O)N([C@@H](CO)CC(C)C)C(C(=O)NC(C)C)C23CC(C)[C@]1(C)O3. The Balaban J connectivity index is 2.13. The fourth-order valence-corrected chi connectivity index (χ4v) is 6.14. The maximum Gasteiger partial charge on any atom is 0.312 e. The van der Waals surface area contributed by atoms with Crippen molar-refractivity contribution in [3.05, 3.63) is 0 Å². The summed E-state index contributed by atoms with van der Waals surface area (Å²) in [4.78, 5) is 41.9. The summed E-state index contributed by atoms with van der Waals surface area (Å²) in [5.41, 5.74) is -1.98. The number of nitrogens with one attached hydrogen (secondary N) is 1. The summed E-state index contributed by atoms with van der Waals surface area (Å²) in [5, 5.41) is 13.1. The highest BCUT2D eigenvalue weighted by Gasteiger charge is 2.80. The number of aliphatic hydroxyl groups is 1. The Labute approximate surface area is 185 Å². The number of carbonyl (C=O) groups excluding carboxylic acids is 3. The number of hydrogen-bond donors (Lipinski definition) is 2. The van der Waals surface area contributed by atoms with Gasteiger partial charge >= 0.3 is 5.97 Å². The van der Waals surface area contributed by atoms with Crippen LogP contribution in [-0.4, -0.2) is 70.3 Å². The number of rotatable bonds is 8. The molecule has 176 valence electrons. The third kappa shape index (κ3) is 3.55. The van der Waals surface area contributed by atoms with Gasteiger partial charge in [-0.2, -0.15) is 0 Å². The number of fused-ring (bicyclic) bond motifs is 1. The normalized spacial score (nSPS) is 37.5. The molecule has 3 fully saturated rings. The molecule has 0 aromatic carbocycles. The van der Waals surface area contributed by atoms with E-state index in [0.29, 0.717) is 12.8 Å². The maximum absolute atomic E-state index is 13.9. The van der Waals surface area contributed by atoms with Gasteiger partial charge in [0.15, 0.2) is 0 Å². The summed E-state index contributed by atoms with van der Waals surface area (Å²) < 4.78 is 11.9. The monoisotopic (exact) mass is 438 g/mol. The average Bonchev–Trinajstić information content (AvgIpc) is 3.16. The Morgan fingerprint density at radius 2 is 1.97 bits per heavy atom. The molecule has 2 amide bonds. The van der Waals surface area contributed by atoms with E-state index < -0.39 is 41.1 Å². The van der Waals surface area contributed by atoms with E-state index in [1.165, 1.54) is 4.90 Å². The minimum absolute atomic E-state index is 0.0297. The van der Waals surface area contributed by atoms with Crippen LogP contribution in [0.15, 0.2) is 0 Å². The maximum atomic E-state index is 13.9. The summed E-state index contributed by atoms with van der Waals surface area (Å²) in [7, 11) is 0. The molecule has 0 radical (unpaired) electrons. The zero-order chi connectivity index (χ0) is 23.3. The van der Waals surface area contributed by atoms with Crippen LogP contribution in [0.4, 0.5) is 0 Å². The lowest BCUT2D eigenvalue weighted by Crippen LogP contribution is -2.59. The van der Waals surface area contributed by atoms with Crippen molar-refractivity contribution in [2.75, 3.05) is 13.2 Å². The van der Waals surface area contributed by atoms with Gasteiger partial charge in [-0.1, -0.05) is 20.8 Å². The van der Waals surface area contributed by atoms with Gasteiger partial charge in [0.2, 0.25) is 11.8 Å². The van der Waals surface area contributed by atoms with E-state index in [0.717, 1.165) is 0 Å². The van der Waals surface area contributed by atoms with E-state index in [1.807, 2.05) is 41.5 Å². The van der Waals surface area contributed by atoms with Crippen molar-refractivity contribution in [2.24, 2.45) is 23.7 Å². The molecule has 3 saturated heterocycles. The molecule has 7 atom stereocenters. The Hall–Kier alpha value is -1.67. The van der Waals surface area contributed by atoms with E-state index in [9.17, 15) is 19.5 Å². The highest BCUT2D eigenvalue weighted by molar-refractivity contribution is 5.98. The Morgan fingerprint density at radius 1 is 1.32 bits per heavy atom. The Bertz CT molecular complexity index is 740. The van der Waals surface area contributed by atoms with Crippen LogP contribution < -0.4 is 5.32 Å². The smallest absolute Gasteiger partial charge is 0.312 e. The number of esters is 1. The van der Waals surface area contributed by atoms with Crippen molar-refractivity contribution in [3.8, 4) is 0 Å². The number of nitrogens with zero attached hydrogens (tertiary/aromatic N) is 1. The van der Waals surface area contributed by atoms with Crippen LogP contribution in [0.2, 0.25) is 0 Å². The predicted octanol–water partition coefficient (Wildman–Crippen LogP) is 1.49. The van der Waals surface area contributed by atoms with Gasteiger partial charge in [0.1, 0.15) is 17.6 Å². The van der Waals surface area contributed by atoms with E-state index in [-0.39, 0.29) is 42.9 Å². The van der Waals surface area contributed by atoms with Crippen LogP contribution in [0, 0.1) is 23.7 Å². The van der Waals surface area contributed by atoms with Crippen LogP contribution in [0.1, 0.15) is 61.3 Å². The molecule has 0 saturated carbocycles. The molecule has 0 aliphatic carbocycles. The highest BCUT2D eigenvalue weighted by atomic mass is 16.6. The van der Waals surface area contributed by atoms with Gasteiger partial charge < -0.3 is 24.8 Å². The molecule has 8 heteroatoms. The minimum atomic E-state index is -1.11.